The number of benzene rings is 1. The predicted octanol–water partition coefficient (Wildman–Crippen LogP) is 3.23. The van der Waals surface area contributed by atoms with Crippen LogP contribution >= 0.6 is 11.6 Å². The third kappa shape index (κ3) is 2.95. The summed E-state index contributed by atoms with van der Waals surface area (Å²) >= 11 is 5.71. The highest BCUT2D eigenvalue weighted by atomic mass is 35.5. The zero-order chi connectivity index (χ0) is 12.3. The zero-order valence-corrected chi connectivity index (χ0v) is 9.39. The van der Waals surface area contributed by atoms with Crippen molar-refractivity contribution < 1.29 is 14.6 Å². The zero-order valence-electron chi connectivity index (χ0n) is 8.63. The number of rotatable bonds is 3. The molecule has 4 nitrogen and oxygen atoms in total. The Morgan fingerprint density at radius 1 is 1.24 bits per heavy atom. The molecule has 0 amide bonds. The monoisotopic (exact) mass is 249 g/mol. The van der Waals surface area contributed by atoms with Crippen molar-refractivity contribution in [1.82, 2.24) is 4.98 Å². The predicted molar refractivity (Wildman–Crippen MR) is 62.7 cm³/mol. The van der Waals surface area contributed by atoms with E-state index < -0.39 is 5.97 Å². The third-order valence-corrected chi connectivity index (χ3v) is 2.18. The number of aromatic nitrogens is 1. The quantitative estimate of drug-likeness (QED) is 0.849. The Morgan fingerprint density at radius 3 is 2.59 bits per heavy atom. The van der Waals surface area contributed by atoms with E-state index in [-0.39, 0.29) is 16.6 Å². The minimum atomic E-state index is -1.08. The van der Waals surface area contributed by atoms with E-state index in [1.165, 1.54) is 12.1 Å². The summed E-state index contributed by atoms with van der Waals surface area (Å²) < 4.78 is 5.39. The molecule has 0 aliphatic heterocycles. The van der Waals surface area contributed by atoms with E-state index in [0.29, 0.717) is 5.75 Å². The Hall–Kier alpha value is -2.07. The van der Waals surface area contributed by atoms with Crippen LogP contribution in [-0.2, 0) is 0 Å². The number of carboxylic acids is 1. The average Bonchev–Trinajstić information content (AvgIpc) is 2.29. The van der Waals surface area contributed by atoms with Gasteiger partial charge in [0.25, 0.3) is 0 Å². The Balaban J connectivity index is 2.30. The number of carboxylic acid groups (broad SMARTS) is 1. The summed E-state index contributed by atoms with van der Waals surface area (Å²) in [4.78, 5) is 14.7. The lowest BCUT2D eigenvalue weighted by molar-refractivity contribution is 0.0696. The Morgan fingerprint density at radius 2 is 1.94 bits per heavy atom. The maximum atomic E-state index is 10.8. The molecular weight excluding hydrogens is 242 g/mol. The lowest BCUT2D eigenvalue weighted by Crippen LogP contribution is -1.98. The van der Waals surface area contributed by atoms with Gasteiger partial charge in [-0.1, -0.05) is 29.8 Å². The van der Waals surface area contributed by atoms with Crippen molar-refractivity contribution in [3.63, 3.8) is 0 Å². The number of para-hydroxylation sites is 1. The molecule has 1 aromatic carbocycles. The minimum Gasteiger partial charge on any atom is -0.478 e. The molecule has 0 bridgehead atoms. The molecule has 0 fully saturated rings. The molecule has 2 rings (SSSR count). The van der Waals surface area contributed by atoms with Crippen molar-refractivity contribution in [2.75, 3.05) is 0 Å². The highest BCUT2D eigenvalue weighted by Gasteiger charge is 2.08. The summed E-state index contributed by atoms with van der Waals surface area (Å²) in [5.74, 6) is -0.355. The number of ether oxygens (including phenoxy) is 1. The van der Waals surface area contributed by atoms with Gasteiger partial charge in [-0.05, 0) is 18.2 Å². The van der Waals surface area contributed by atoms with Crippen LogP contribution in [-0.4, -0.2) is 16.1 Å². The van der Waals surface area contributed by atoms with Gasteiger partial charge in [0.05, 0.1) is 5.56 Å². The summed E-state index contributed by atoms with van der Waals surface area (Å²) in [6.45, 7) is 0. The van der Waals surface area contributed by atoms with Crippen molar-refractivity contribution in [2.24, 2.45) is 0 Å². The van der Waals surface area contributed by atoms with Crippen molar-refractivity contribution in [1.29, 1.82) is 0 Å². The molecule has 0 radical (unpaired) electrons. The fourth-order valence-electron chi connectivity index (χ4n) is 1.26. The van der Waals surface area contributed by atoms with Crippen LogP contribution in [0.4, 0.5) is 0 Å². The van der Waals surface area contributed by atoms with Crippen LogP contribution in [0.15, 0.2) is 42.5 Å². The summed E-state index contributed by atoms with van der Waals surface area (Å²) in [5.41, 5.74) is 0.0379. The maximum Gasteiger partial charge on any atom is 0.335 e. The van der Waals surface area contributed by atoms with Gasteiger partial charge < -0.3 is 9.84 Å². The van der Waals surface area contributed by atoms with Gasteiger partial charge in [-0.3, -0.25) is 0 Å². The smallest absolute Gasteiger partial charge is 0.335 e. The van der Waals surface area contributed by atoms with E-state index in [2.05, 4.69) is 4.98 Å². The van der Waals surface area contributed by atoms with Crippen LogP contribution in [0.5, 0.6) is 11.6 Å². The number of hydrogen-bond acceptors (Lipinski definition) is 3. The van der Waals surface area contributed by atoms with Gasteiger partial charge in [-0.2, -0.15) is 0 Å². The fourth-order valence-corrected chi connectivity index (χ4v) is 1.46. The number of aromatic carboxylic acids is 1. The van der Waals surface area contributed by atoms with Crippen LogP contribution in [0.2, 0.25) is 5.15 Å². The summed E-state index contributed by atoms with van der Waals surface area (Å²) in [6, 6.07) is 11.5. The molecule has 0 atom stereocenters. The summed E-state index contributed by atoms with van der Waals surface area (Å²) in [7, 11) is 0. The molecule has 0 saturated carbocycles. The first-order valence-corrected chi connectivity index (χ1v) is 5.17. The minimum absolute atomic E-state index is 0.0379. The summed E-state index contributed by atoms with van der Waals surface area (Å²) in [5, 5.41) is 8.94. The largest absolute Gasteiger partial charge is 0.478 e. The molecule has 1 aromatic heterocycles. The number of halogens is 1. The van der Waals surface area contributed by atoms with Crippen LogP contribution in [0.25, 0.3) is 0 Å². The normalized spacial score (nSPS) is 9.94. The number of nitrogens with zero attached hydrogens (tertiary/aromatic N) is 1. The maximum absolute atomic E-state index is 10.8. The number of hydrogen-bond donors (Lipinski definition) is 1. The first kappa shape index (κ1) is 11.4. The van der Waals surface area contributed by atoms with Gasteiger partial charge in [-0.25, -0.2) is 9.78 Å². The number of carbonyl (C=O) groups is 1. The van der Waals surface area contributed by atoms with Gasteiger partial charge >= 0.3 is 5.97 Å². The van der Waals surface area contributed by atoms with Crippen molar-refractivity contribution in [3.8, 4) is 11.6 Å². The Labute approximate surface area is 102 Å². The molecule has 2 aromatic rings. The van der Waals surface area contributed by atoms with Crippen molar-refractivity contribution >= 4 is 17.6 Å². The molecule has 17 heavy (non-hydrogen) atoms. The lowest BCUT2D eigenvalue weighted by Gasteiger charge is -2.05. The molecule has 0 spiro atoms. The van der Waals surface area contributed by atoms with E-state index in [0.717, 1.165) is 0 Å². The van der Waals surface area contributed by atoms with Gasteiger partial charge in [0, 0.05) is 6.07 Å². The van der Waals surface area contributed by atoms with E-state index in [1.54, 1.807) is 24.3 Å². The molecule has 0 aliphatic carbocycles. The second-order valence-electron chi connectivity index (χ2n) is 3.24. The van der Waals surface area contributed by atoms with Crippen LogP contribution in [0.1, 0.15) is 10.4 Å². The summed E-state index contributed by atoms with van der Waals surface area (Å²) in [6.07, 6.45) is 0. The van der Waals surface area contributed by atoms with Gasteiger partial charge in [0.1, 0.15) is 10.9 Å². The topological polar surface area (TPSA) is 59.4 Å². The molecule has 5 heteroatoms. The van der Waals surface area contributed by atoms with Gasteiger partial charge in [0.2, 0.25) is 5.88 Å². The molecule has 1 N–H and O–H groups in total. The average molecular weight is 250 g/mol. The molecule has 86 valence electrons. The Kier molecular flexibility index (Phi) is 3.25. The van der Waals surface area contributed by atoms with Crippen molar-refractivity contribution in [3.05, 3.63) is 53.2 Å². The van der Waals surface area contributed by atoms with Gasteiger partial charge in [-0.15, -0.1) is 0 Å². The lowest BCUT2D eigenvalue weighted by atomic mass is 10.3. The van der Waals surface area contributed by atoms with E-state index >= 15 is 0 Å². The van der Waals surface area contributed by atoms with Gasteiger partial charge in [0.15, 0.2) is 0 Å². The first-order chi connectivity index (χ1) is 8.15. The second kappa shape index (κ2) is 4.84. The van der Waals surface area contributed by atoms with E-state index in [9.17, 15) is 4.79 Å². The van der Waals surface area contributed by atoms with Crippen LogP contribution in [0, 0.1) is 0 Å². The molecule has 1 heterocycles. The standard InChI is InChI=1S/C12H8ClNO3/c13-10-6-8(12(15)16)7-11(14-10)17-9-4-2-1-3-5-9/h1-7H,(H,15,16). The van der Waals surface area contributed by atoms with E-state index in [4.69, 9.17) is 21.4 Å². The molecular formula is C12H8ClNO3. The highest BCUT2D eigenvalue weighted by molar-refractivity contribution is 6.29. The van der Waals surface area contributed by atoms with E-state index in [1.807, 2.05) is 6.07 Å². The molecule has 0 unspecified atom stereocenters. The number of pyridine rings is 1. The fraction of sp³-hybridized carbons (Fsp3) is 0. The third-order valence-electron chi connectivity index (χ3n) is 1.98. The molecule has 0 aliphatic rings. The van der Waals surface area contributed by atoms with Crippen LogP contribution < -0.4 is 4.74 Å². The highest BCUT2D eigenvalue weighted by Crippen LogP contribution is 2.22. The molecule has 0 saturated heterocycles. The van der Waals surface area contributed by atoms with Crippen molar-refractivity contribution in [2.45, 2.75) is 0 Å². The Bertz CT molecular complexity index is 543. The first-order valence-electron chi connectivity index (χ1n) is 4.79. The second-order valence-corrected chi connectivity index (χ2v) is 3.62. The SMILES string of the molecule is O=C(O)c1cc(Cl)nc(Oc2ccccc2)c1. The van der Waals surface area contributed by atoms with Crippen LogP contribution in [0.3, 0.4) is 0 Å².